The Kier molecular flexibility index (Phi) is 10.2. The molecule has 0 aliphatic carbocycles. The summed E-state index contributed by atoms with van der Waals surface area (Å²) in [6, 6.07) is 0.475. The molecule has 0 amide bonds. The van der Waals surface area contributed by atoms with Crippen LogP contribution >= 0.6 is 0 Å². The summed E-state index contributed by atoms with van der Waals surface area (Å²) < 4.78 is 0. The van der Waals surface area contributed by atoms with Gasteiger partial charge in [-0.25, -0.2) is 0 Å². The Hall–Kier alpha value is -0.810. The van der Waals surface area contributed by atoms with E-state index in [4.69, 9.17) is 5.73 Å². The first-order valence-electron chi connectivity index (χ1n) is 9.10. The predicted octanol–water partition coefficient (Wildman–Crippen LogP) is 1.89. The highest BCUT2D eigenvalue weighted by atomic mass is 15.3. The van der Waals surface area contributed by atoms with Crippen LogP contribution in [-0.2, 0) is 0 Å². The van der Waals surface area contributed by atoms with Crippen LogP contribution in [0.1, 0.15) is 52.4 Å². The summed E-state index contributed by atoms with van der Waals surface area (Å²) in [6.07, 6.45) is 7.85. The Morgan fingerprint density at radius 3 is 2.41 bits per heavy atom. The molecule has 130 valence electrons. The fourth-order valence-electron chi connectivity index (χ4n) is 2.79. The van der Waals surface area contributed by atoms with Crippen LogP contribution < -0.4 is 11.1 Å². The predicted molar refractivity (Wildman–Crippen MR) is 96.4 cm³/mol. The summed E-state index contributed by atoms with van der Waals surface area (Å²) in [5.74, 6) is 0.606. The number of rotatable bonds is 10. The zero-order valence-electron chi connectivity index (χ0n) is 15.0. The third-order valence-corrected chi connectivity index (χ3v) is 4.52. The van der Waals surface area contributed by atoms with Crippen molar-refractivity contribution < 1.29 is 0 Å². The number of piperazine rings is 1. The monoisotopic (exact) mass is 311 g/mol. The summed E-state index contributed by atoms with van der Waals surface area (Å²) in [4.78, 5) is 9.38. The molecule has 0 bridgehead atoms. The third kappa shape index (κ3) is 8.59. The quantitative estimate of drug-likeness (QED) is 0.367. The molecule has 1 atom stereocenters. The van der Waals surface area contributed by atoms with Gasteiger partial charge in [0.2, 0.25) is 0 Å². The fraction of sp³-hybridized carbons (Fsp3) is 0.941. The molecule has 5 nitrogen and oxygen atoms in total. The standard InChI is InChI=1S/C17H37N5/c1-4-5-6-7-8-9-10-19-17(18)20-15-16(2)22-13-11-21(3)12-14-22/h16H,4-15H2,1-3H3,(H3,18,19,20). The number of likely N-dealkylation sites (N-methyl/N-ethyl adjacent to an activating group) is 1. The molecule has 0 aromatic carbocycles. The molecule has 22 heavy (non-hydrogen) atoms. The molecule has 1 rings (SSSR count). The molecule has 1 aliphatic rings. The number of hydrogen-bond acceptors (Lipinski definition) is 3. The zero-order valence-corrected chi connectivity index (χ0v) is 15.0. The molecule has 1 saturated heterocycles. The van der Waals surface area contributed by atoms with Crippen LogP contribution in [0.3, 0.4) is 0 Å². The van der Waals surface area contributed by atoms with Gasteiger partial charge in [-0.1, -0.05) is 39.0 Å². The number of nitrogens with two attached hydrogens (primary N) is 1. The molecule has 0 aromatic rings. The van der Waals surface area contributed by atoms with E-state index in [1.165, 1.54) is 38.5 Å². The highest BCUT2D eigenvalue weighted by Gasteiger charge is 2.18. The number of nitrogens with zero attached hydrogens (tertiary/aromatic N) is 3. The fourth-order valence-corrected chi connectivity index (χ4v) is 2.79. The molecule has 0 radical (unpaired) electrons. The van der Waals surface area contributed by atoms with Crippen molar-refractivity contribution in [3.63, 3.8) is 0 Å². The lowest BCUT2D eigenvalue weighted by molar-refractivity contribution is 0.122. The Bertz CT molecular complexity index is 297. The first-order chi connectivity index (χ1) is 10.6. The smallest absolute Gasteiger partial charge is 0.188 e. The number of guanidine groups is 1. The van der Waals surface area contributed by atoms with Gasteiger partial charge >= 0.3 is 0 Å². The highest BCUT2D eigenvalue weighted by molar-refractivity contribution is 5.77. The van der Waals surface area contributed by atoms with Gasteiger partial charge < -0.3 is 16.0 Å². The van der Waals surface area contributed by atoms with E-state index in [0.717, 1.165) is 39.3 Å². The van der Waals surface area contributed by atoms with Crippen LogP contribution in [0.5, 0.6) is 0 Å². The van der Waals surface area contributed by atoms with E-state index in [1.54, 1.807) is 0 Å². The van der Waals surface area contributed by atoms with E-state index in [9.17, 15) is 0 Å². The van der Waals surface area contributed by atoms with E-state index in [-0.39, 0.29) is 0 Å². The maximum absolute atomic E-state index is 5.95. The minimum atomic E-state index is 0.475. The highest BCUT2D eigenvalue weighted by Crippen LogP contribution is 2.05. The summed E-state index contributed by atoms with van der Waals surface area (Å²) in [7, 11) is 2.18. The molecule has 3 N–H and O–H groups in total. The largest absolute Gasteiger partial charge is 0.370 e. The van der Waals surface area contributed by atoms with Crippen molar-refractivity contribution in [3.8, 4) is 0 Å². The minimum Gasteiger partial charge on any atom is -0.370 e. The van der Waals surface area contributed by atoms with Gasteiger partial charge in [0.15, 0.2) is 5.96 Å². The average molecular weight is 312 g/mol. The molecule has 1 unspecified atom stereocenters. The Morgan fingerprint density at radius 2 is 1.73 bits per heavy atom. The van der Waals surface area contributed by atoms with Crippen molar-refractivity contribution in [1.82, 2.24) is 15.1 Å². The molecule has 0 aromatic heterocycles. The van der Waals surface area contributed by atoms with Crippen LogP contribution in [0.25, 0.3) is 0 Å². The van der Waals surface area contributed by atoms with Crippen LogP contribution in [0.15, 0.2) is 4.99 Å². The van der Waals surface area contributed by atoms with Crippen molar-refractivity contribution in [2.75, 3.05) is 46.3 Å². The first-order valence-corrected chi connectivity index (χ1v) is 9.10. The molecule has 1 heterocycles. The van der Waals surface area contributed by atoms with Gasteiger partial charge in [0.25, 0.3) is 0 Å². The topological polar surface area (TPSA) is 56.9 Å². The molecular formula is C17H37N5. The maximum atomic E-state index is 5.95. The van der Waals surface area contributed by atoms with Crippen molar-refractivity contribution in [2.24, 2.45) is 10.7 Å². The molecular weight excluding hydrogens is 274 g/mol. The summed E-state index contributed by atoms with van der Waals surface area (Å²) in [5, 5.41) is 3.24. The summed E-state index contributed by atoms with van der Waals surface area (Å²) in [6.45, 7) is 10.8. The van der Waals surface area contributed by atoms with Crippen molar-refractivity contribution >= 4 is 5.96 Å². The molecule has 5 heteroatoms. The van der Waals surface area contributed by atoms with E-state index in [2.05, 4.69) is 41.0 Å². The second kappa shape index (κ2) is 11.7. The van der Waals surface area contributed by atoms with E-state index in [1.807, 2.05) is 0 Å². The summed E-state index contributed by atoms with van der Waals surface area (Å²) in [5.41, 5.74) is 5.95. The normalized spacial score (nSPS) is 19.3. The van der Waals surface area contributed by atoms with Gasteiger partial charge in [0.05, 0.1) is 6.54 Å². The first kappa shape index (κ1) is 19.2. The van der Waals surface area contributed by atoms with E-state index in [0.29, 0.717) is 12.0 Å². The van der Waals surface area contributed by atoms with Crippen molar-refractivity contribution in [3.05, 3.63) is 0 Å². The number of nitrogens with one attached hydrogen (secondary N) is 1. The second-order valence-electron chi connectivity index (χ2n) is 6.61. The maximum Gasteiger partial charge on any atom is 0.188 e. The molecule has 0 saturated carbocycles. The zero-order chi connectivity index (χ0) is 16.2. The lowest BCUT2D eigenvalue weighted by Gasteiger charge is -2.35. The van der Waals surface area contributed by atoms with Crippen LogP contribution in [0, 0.1) is 0 Å². The van der Waals surface area contributed by atoms with Gasteiger partial charge in [-0.05, 0) is 20.4 Å². The summed E-state index contributed by atoms with van der Waals surface area (Å²) >= 11 is 0. The lowest BCUT2D eigenvalue weighted by atomic mass is 10.1. The van der Waals surface area contributed by atoms with Gasteiger partial charge in [-0.15, -0.1) is 0 Å². The molecule has 1 aliphatic heterocycles. The Labute approximate surface area is 137 Å². The Morgan fingerprint density at radius 1 is 1.09 bits per heavy atom. The number of unbranched alkanes of at least 4 members (excludes halogenated alkanes) is 5. The van der Waals surface area contributed by atoms with Gasteiger partial charge in [0, 0.05) is 38.8 Å². The second-order valence-corrected chi connectivity index (χ2v) is 6.61. The third-order valence-electron chi connectivity index (χ3n) is 4.52. The van der Waals surface area contributed by atoms with Crippen LogP contribution in [0.2, 0.25) is 0 Å². The van der Waals surface area contributed by atoms with Crippen LogP contribution in [-0.4, -0.2) is 68.1 Å². The molecule has 0 spiro atoms. The Balaban J connectivity index is 2.06. The van der Waals surface area contributed by atoms with E-state index >= 15 is 0 Å². The van der Waals surface area contributed by atoms with Crippen molar-refractivity contribution in [1.29, 1.82) is 0 Å². The van der Waals surface area contributed by atoms with E-state index < -0.39 is 0 Å². The average Bonchev–Trinajstić information content (AvgIpc) is 2.52. The number of aliphatic imine (C=N–C) groups is 1. The number of hydrogen-bond donors (Lipinski definition) is 2. The van der Waals surface area contributed by atoms with Gasteiger partial charge in [-0.2, -0.15) is 0 Å². The molecule has 1 fully saturated rings. The van der Waals surface area contributed by atoms with Crippen molar-refractivity contribution in [2.45, 2.75) is 58.4 Å². The van der Waals surface area contributed by atoms with Gasteiger partial charge in [0.1, 0.15) is 0 Å². The van der Waals surface area contributed by atoms with Gasteiger partial charge in [-0.3, -0.25) is 9.89 Å². The lowest BCUT2D eigenvalue weighted by Crippen LogP contribution is -2.49. The van der Waals surface area contributed by atoms with Crippen LogP contribution in [0.4, 0.5) is 0 Å². The minimum absolute atomic E-state index is 0.475. The SMILES string of the molecule is CCCCCCCCNC(N)=NCC(C)N1CCN(C)CC1.